The van der Waals surface area contributed by atoms with E-state index in [1.807, 2.05) is 60.9 Å². The zero-order chi connectivity index (χ0) is 20.4. The van der Waals surface area contributed by atoms with Crippen molar-refractivity contribution in [2.45, 2.75) is 9.92 Å². The molecule has 0 fully saturated rings. The van der Waals surface area contributed by atoms with Crippen molar-refractivity contribution in [3.63, 3.8) is 0 Å². The van der Waals surface area contributed by atoms with Crippen LogP contribution in [0.5, 0.6) is 0 Å². The fourth-order valence-electron chi connectivity index (χ4n) is 3.03. The van der Waals surface area contributed by atoms with E-state index in [-0.39, 0.29) is 16.3 Å². The Morgan fingerprint density at radius 3 is 2.38 bits per heavy atom. The van der Waals surface area contributed by atoms with Gasteiger partial charge in [-0.25, -0.2) is 13.1 Å². The molecule has 0 radical (unpaired) electrons. The van der Waals surface area contributed by atoms with Gasteiger partial charge < -0.3 is 0 Å². The third-order valence-corrected chi connectivity index (χ3v) is 6.51. The Morgan fingerprint density at radius 1 is 1.00 bits per heavy atom. The lowest BCUT2D eigenvalue weighted by Gasteiger charge is -2.07. The molecule has 1 N–H and O–H groups in total. The summed E-state index contributed by atoms with van der Waals surface area (Å²) in [5.74, 6) is 0.00821. The highest BCUT2D eigenvalue weighted by atomic mass is 32.2. The van der Waals surface area contributed by atoms with Crippen LogP contribution in [0, 0.1) is 11.3 Å². The van der Waals surface area contributed by atoms with Gasteiger partial charge in [0.1, 0.15) is 16.7 Å². The minimum absolute atomic E-state index is 0.00821. The molecule has 8 heteroatoms. The summed E-state index contributed by atoms with van der Waals surface area (Å²) in [6.07, 6.45) is 1.82. The monoisotopic (exact) mass is 420 g/mol. The predicted octanol–water partition coefficient (Wildman–Crippen LogP) is 4.42. The molecule has 0 aliphatic rings. The van der Waals surface area contributed by atoms with E-state index in [0.29, 0.717) is 5.03 Å². The lowest BCUT2D eigenvalue weighted by Crippen LogP contribution is -2.14. The molecule has 0 atom stereocenters. The second kappa shape index (κ2) is 7.62. The molecule has 0 aliphatic heterocycles. The van der Waals surface area contributed by atoms with Crippen LogP contribution in [0.15, 0.2) is 82.7 Å². The number of sulfonamides is 1. The summed E-state index contributed by atoms with van der Waals surface area (Å²) in [5.41, 5.74) is 0.926. The highest BCUT2D eigenvalue weighted by Gasteiger charge is 2.23. The van der Waals surface area contributed by atoms with E-state index >= 15 is 0 Å². The molecule has 0 aliphatic carbocycles. The first-order chi connectivity index (χ1) is 14.0. The van der Waals surface area contributed by atoms with Crippen molar-refractivity contribution in [2.75, 3.05) is 11.0 Å². The number of nitriles is 1. The molecule has 0 unspecified atom stereocenters. The Kier molecular flexibility index (Phi) is 5.01. The Bertz CT molecular complexity index is 1340. The zero-order valence-electron chi connectivity index (χ0n) is 15.4. The average molecular weight is 421 g/mol. The number of fused-ring (bicyclic) bond motifs is 1. The van der Waals surface area contributed by atoms with Crippen molar-refractivity contribution in [1.82, 2.24) is 9.78 Å². The standard InChI is InChI=1S/C21H16N4O2S2/c1-28-21-19(14-22)20(23-25(21)17-9-3-2-4-10-17)24-29(26,27)18-12-11-15-7-5-6-8-16(15)13-18/h2-13H,1H3,(H,23,24). The summed E-state index contributed by atoms with van der Waals surface area (Å²) >= 11 is 1.33. The number of anilines is 1. The lowest BCUT2D eigenvalue weighted by molar-refractivity contribution is 0.601. The average Bonchev–Trinajstić information content (AvgIpc) is 3.10. The molecular formula is C21H16N4O2S2. The van der Waals surface area contributed by atoms with E-state index in [4.69, 9.17) is 0 Å². The molecule has 1 heterocycles. The lowest BCUT2D eigenvalue weighted by atomic mass is 10.1. The number of hydrogen-bond donors (Lipinski definition) is 1. The van der Waals surface area contributed by atoms with Crippen molar-refractivity contribution in [1.29, 1.82) is 5.26 Å². The topological polar surface area (TPSA) is 87.8 Å². The van der Waals surface area contributed by atoms with Gasteiger partial charge in [0, 0.05) is 0 Å². The molecule has 0 amide bonds. The summed E-state index contributed by atoms with van der Waals surface area (Å²) in [6.45, 7) is 0. The van der Waals surface area contributed by atoms with E-state index in [9.17, 15) is 13.7 Å². The number of thioether (sulfide) groups is 1. The van der Waals surface area contributed by atoms with E-state index in [1.165, 1.54) is 11.8 Å². The van der Waals surface area contributed by atoms with Crippen LogP contribution in [-0.4, -0.2) is 24.5 Å². The minimum Gasteiger partial charge on any atom is -0.261 e. The number of rotatable bonds is 5. The number of benzene rings is 3. The van der Waals surface area contributed by atoms with Gasteiger partial charge in [-0.1, -0.05) is 48.5 Å². The molecule has 0 bridgehead atoms. The van der Waals surface area contributed by atoms with E-state index in [1.54, 1.807) is 22.9 Å². The number of para-hydroxylation sites is 1. The summed E-state index contributed by atoms with van der Waals surface area (Å²) in [6, 6.07) is 23.8. The second-order valence-electron chi connectivity index (χ2n) is 6.21. The molecule has 6 nitrogen and oxygen atoms in total. The van der Waals surface area contributed by atoms with Crippen LogP contribution in [-0.2, 0) is 10.0 Å². The quantitative estimate of drug-likeness (QED) is 0.483. The Labute approximate surface area is 172 Å². The van der Waals surface area contributed by atoms with Gasteiger partial charge in [-0.3, -0.25) is 4.72 Å². The van der Waals surface area contributed by atoms with Crippen molar-refractivity contribution in [3.05, 3.63) is 78.4 Å². The Balaban J connectivity index is 1.78. The number of nitrogens with one attached hydrogen (secondary N) is 1. The maximum Gasteiger partial charge on any atom is 0.263 e. The minimum atomic E-state index is -3.92. The van der Waals surface area contributed by atoms with Crippen LogP contribution < -0.4 is 4.72 Å². The molecule has 1 aromatic heterocycles. The molecule has 3 aromatic carbocycles. The molecule has 4 aromatic rings. The van der Waals surface area contributed by atoms with Gasteiger partial charge in [-0.15, -0.1) is 16.9 Å². The normalized spacial score (nSPS) is 11.3. The molecule has 29 heavy (non-hydrogen) atoms. The Hall–Kier alpha value is -3.28. The fourth-order valence-corrected chi connectivity index (χ4v) is 4.74. The number of aromatic nitrogens is 2. The maximum absolute atomic E-state index is 13.0. The molecule has 0 saturated heterocycles. The smallest absolute Gasteiger partial charge is 0.261 e. The van der Waals surface area contributed by atoms with Crippen molar-refractivity contribution >= 4 is 38.4 Å². The second-order valence-corrected chi connectivity index (χ2v) is 8.68. The first-order valence-corrected chi connectivity index (χ1v) is 11.4. The van der Waals surface area contributed by atoms with Crippen molar-refractivity contribution in [3.8, 4) is 11.8 Å². The molecule has 0 saturated carbocycles. The van der Waals surface area contributed by atoms with Gasteiger partial charge in [0.15, 0.2) is 5.82 Å². The zero-order valence-corrected chi connectivity index (χ0v) is 17.0. The summed E-state index contributed by atoms with van der Waals surface area (Å²) in [7, 11) is -3.92. The largest absolute Gasteiger partial charge is 0.263 e. The van der Waals surface area contributed by atoms with Crippen LogP contribution in [0.3, 0.4) is 0 Å². The molecule has 0 spiro atoms. The van der Waals surface area contributed by atoms with Crippen LogP contribution in [0.25, 0.3) is 16.5 Å². The maximum atomic E-state index is 13.0. The van der Waals surface area contributed by atoms with Crippen LogP contribution in [0.4, 0.5) is 5.82 Å². The van der Waals surface area contributed by atoms with Crippen molar-refractivity contribution < 1.29 is 8.42 Å². The highest BCUT2D eigenvalue weighted by molar-refractivity contribution is 7.98. The predicted molar refractivity (Wildman–Crippen MR) is 115 cm³/mol. The van der Waals surface area contributed by atoms with Crippen LogP contribution >= 0.6 is 11.8 Å². The number of hydrogen-bond acceptors (Lipinski definition) is 5. The molecular weight excluding hydrogens is 404 g/mol. The molecule has 144 valence electrons. The van der Waals surface area contributed by atoms with Gasteiger partial charge >= 0.3 is 0 Å². The third-order valence-electron chi connectivity index (χ3n) is 4.41. The van der Waals surface area contributed by atoms with E-state index < -0.39 is 10.0 Å². The highest BCUT2D eigenvalue weighted by Crippen LogP contribution is 2.30. The van der Waals surface area contributed by atoms with Crippen molar-refractivity contribution in [2.24, 2.45) is 0 Å². The summed E-state index contributed by atoms with van der Waals surface area (Å²) in [4.78, 5) is 0.111. The van der Waals surface area contributed by atoms with E-state index in [2.05, 4.69) is 15.9 Å². The SMILES string of the molecule is CSc1c(C#N)c(NS(=O)(=O)c2ccc3ccccc3c2)nn1-c1ccccc1. The summed E-state index contributed by atoms with van der Waals surface area (Å²) < 4.78 is 30.0. The summed E-state index contributed by atoms with van der Waals surface area (Å²) in [5, 5.41) is 16.4. The van der Waals surface area contributed by atoms with Crippen LogP contribution in [0.2, 0.25) is 0 Å². The van der Waals surface area contributed by atoms with Gasteiger partial charge in [-0.05, 0) is 41.3 Å². The van der Waals surface area contributed by atoms with Gasteiger partial charge in [0.05, 0.1) is 10.6 Å². The molecule has 4 rings (SSSR count). The number of nitrogens with zero attached hydrogens (tertiary/aromatic N) is 3. The third kappa shape index (κ3) is 3.58. The van der Waals surface area contributed by atoms with Crippen LogP contribution in [0.1, 0.15) is 5.56 Å². The van der Waals surface area contributed by atoms with Gasteiger partial charge in [0.25, 0.3) is 10.0 Å². The first-order valence-electron chi connectivity index (χ1n) is 8.67. The van der Waals surface area contributed by atoms with E-state index in [0.717, 1.165) is 16.5 Å². The van der Waals surface area contributed by atoms with Gasteiger partial charge in [-0.2, -0.15) is 5.26 Å². The Morgan fingerprint density at radius 2 is 1.69 bits per heavy atom. The van der Waals surface area contributed by atoms with Gasteiger partial charge in [0.2, 0.25) is 0 Å². The first kappa shape index (κ1) is 19.1. The fraction of sp³-hybridized carbons (Fsp3) is 0.0476.